The van der Waals surface area contributed by atoms with Gasteiger partial charge in [-0.15, -0.1) is 0 Å². The highest BCUT2D eigenvalue weighted by Gasteiger charge is 2.61. The average molecular weight is 811 g/mol. The van der Waals surface area contributed by atoms with Gasteiger partial charge in [-0.3, -0.25) is 0 Å². The molecule has 0 aromatic heterocycles. The summed E-state index contributed by atoms with van der Waals surface area (Å²) in [5.74, 6) is 11.9. The van der Waals surface area contributed by atoms with E-state index in [-0.39, 0.29) is 23.2 Å². The van der Waals surface area contributed by atoms with Crippen LogP contribution in [0.5, 0.6) is 0 Å². The Morgan fingerprint density at radius 3 is 1.60 bits per heavy atom. The third kappa shape index (κ3) is 9.01. The molecule has 0 heterocycles. The number of aliphatic hydroxyl groups is 2. The highest BCUT2D eigenvalue weighted by atomic mass is 16.3. The Morgan fingerprint density at radius 2 is 1.03 bits per heavy atom. The average Bonchev–Trinajstić information content (AvgIpc) is 3.69. The van der Waals surface area contributed by atoms with Crippen molar-refractivity contribution in [3.05, 3.63) is 11.6 Å². The van der Waals surface area contributed by atoms with E-state index < -0.39 is 0 Å². The van der Waals surface area contributed by atoms with Crippen molar-refractivity contribution in [2.24, 2.45) is 98.6 Å². The Balaban J connectivity index is 0.000000214. The zero-order valence-corrected chi connectivity index (χ0v) is 39.9. The molecule has 6 N–H and O–H groups in total. The second-order valence-corrected chi connectivity index (χ2v) is 24.8. The molecule has 0 aromatic rings. The van der Waals surface area contributed by atoms with Crippen LogP contribution in [0.4, 0.5) is 0 Å². The summed E-state index contributed by atoms with van der Waals surface area (Å²) in [7, 11) is 0. The molecule has 4 heteroatoms. The van der Waals surface area contributed by atoms with Gasteiger partial charge in [0.15, 0.2) is 0 Å². The first-order valence-corrected chi connectivity index (χ1v) is 25.6. The Morgan fingerprint density at radius 1 is 0.534 bits per heavy atom. The zero-order valence-electron chi connectivity index (χ0n) is 39.9. The van der Waals surface area contributed by atoms with Gasteiger partial charge in [0.25, 0.3) is 0 Å². The molecule has 0 aromatic carbocycles. The molecule has 7 saturated carbocycles. The summed E-state index contributed by atoms with van der Waals surface area (Å²) in [6, 6.07) is 0. The van der Waals surface area contributed by atoms with Gasteiger partial charge in [-0.2, -0.15) is 0 Å². The first kappa shape index (κ1) is 48.6. The predicted molar refractivity (Wildman–Crippen MR) is 245 cm³/mol. The molecule has 17 atom stereocenters. The zero-order chi connectivity index (χ0) is 40.2. The highest BCUT2D eigenvalue weighted by molar-refractivity contribution is 5.25. The van der Waals surface area contributed by atoms with Gasteiger partial charge in [0, 0.05) is 0 Å². The number of hydrogen-bond donors (Lipinski definition) is 2. The van der Waals surface area contributed by atoms with Crippen LogP contribution >= 0.6 is 0 Å². The maximum Gasteiger partial charge on any atom is 0.0577 e. The van der Waals surface area contributed by atoms with Crippen LogP contribution in [0.15, 0.2) is 11.6 Å². The van der Waals surface area contributed by atoms with Crippen LogP contribution in [0.2, 0.25) is 0 Å². The smallest absolute Gasteiger partial charge is 0.0577 e. The summed E-state index contributed by atoms with van der Waals surface area (Å²) in [6.07, 6.45) is 33.8. The fraction of sp³-hybridized carbons (Fsp3) is 0.963. The maximum absolute atomic E-state index is 10.3. The number of aliphatic hydroxyl groups excluding tert-OH is 2. The topological polar surface area (TPSA) is 103 Å². The summed E-state index contributed by atoms with van der Waals surface area (Å²) in [5.41, 5.74) is 3.76. The van der Waals surface area contributed by atoms with E-state index in [0.29, 0.717) is 21.7 Å². The van der Waals surface area contributed by atoms with Crippen LogP contribution in [0, 0.1) is 98.6 Å². The molecule has 0 spiro atoms. The Hall–Kier alpha value is -0.420. The fourth-order valence-electron chi connectivity index (χ4n) is 17.9. The van der Waals surface area contributed by atoms with E-state index in [2.05, 4.69) is 75.3 Å². The molecule has 7 fully saturated rings. The van der Waals surface area contributed by atoms with Gasteiger partial charge in [-0.25, -0.2) is 0 Å². The van der Waals surface area contributed by atoms with Crippen LogP contribution in [-0.2, 0) is 0 Å². The normalized spacial score (nSPS) is 46.3. The van der Waals surface area contributed by atoms with Gasteiger partial charge in [-0.1, -0.05) is 119 Å². The van der Waals surface area contributed by atoms with E-state index in [1.165, 1.54) is 122 Å². The van der Waals surface area contributed by atoms with E-state index in [1.807, 2.05) is 0 Å². The van der Waals surface area contributed by atoms with Crippen molar-refractivity contribution in [2.75, 3.05) is 0 Å². The van der Waals surface area contributed by atoms with Gasteiger partial charge in [0.05, 0.1) is 12.2 Å². The molecule has 4 nitrogen and oxygen atoms in total. The quantitative estimate of drug-likeness (QED) is 0.215. The third-order valence-electron chi connectivity index (χ3n) is 21.1. The van der Waals surface area contributed by atoms with Crippen molar-refractivity contribution < 1.29 is 21.2 Å². The fourth-order valence-corrected chi connectivity index (χ4v) is 17.9. The van der Waals surface area contributed by atoms with Crippen molar-refractivity contribution in [2.45, 2.75) is 229 Å². The van der Waals surface area contributed by atoms with Crippen molar-refractivity contribution >= 4 is 0 Å². The van der Waals surface area contributed by atoms with E-state index in [0.717, 1.165) is 103 Å². The number of fused-ring (bicyclic) bond motifs is 10. The van der Waals surface area contributed by atoms with Crippen molar-refractivity contribution in [1.29, 1.82) is 0 Å². The Bertz CT molecular complexity index is 1340. The molecule has 58 heavy (non-hydrogen) atoms. The molecule has 0 radical (unpaired) electrons. The standard InChI is InChI=1S/C27H48O.C27H46O.2H2O/c2*1-18(2)7-6-8-19(3)23-11-12-24-22-10-9-20-17-21(28)13-15-26(20,4)25(22)14-16-27(23,24)5;;/h18-25,28H,6-17H2,1-5H3;9,18-19,21-25,28H,6-8,10-17H2,1-5H3;2*1H2/t19-,20+,21+,22+,23-,24+,25+,26+,27-;19-,21+,22+,23-,24+,25+,26+,27-;;/m11../s1. The number of hydrogen-bond acceptors (Lipinski definition) is 2. The maximum atomic E-state index is 10.3. The van der Waals surface area contributed by atoms with E-state index in [9.17, 15) is 10.2 Å². The molecule has 0 bridgehead atoms. The minimum atomic E-state index is -0.0766. The lowest BCUT2D eigenvalue weighted by atomic mass is 9.44. The predicted octanol–water partition coefficient (Wildman–Crippen LogP) is 13.2. The molecule has 0 aliphatic heterocycles. The van der Waals surface area contributed by atoms with E-state index >= 15 is 0 Å². The largest absolute Gasteiger partial charge is 0.412 e. The van der Waals surface area contributed by atoms with Crippen LogP contribution in [-0.4, -0.2) is 33.4 Å². The molecule has 0 unspecified atom stereocenters. The molecule has 8 rings (SSSR count). The van der Waals surface area contributed by atoms with Crippen molar-refractivity contribution in [3.8, 4) is 0 Å². The molecule has 0 saturated heterocycles. The Labute approximate surface area is 359 Å². The summed E-state index contributed by atoms with van der Waals surface area (Å²) < 4.78 is 0. The van der Waals surface area contributed by atoms with Gasteiger partial charge < -0.3 is 21.2 Å². The number of rotatable bonds is 10. The van der Waals surface area contributed by atoms with Gasteiger partial charge >= 0.3 is 0 Å². The van der Waals surface area contributed by atoms with Crippen molar-refractivity contribution in [3.63, 3.8) is 0 Å². The van der Waals surface area contributed by atoms with Crippen molar-refractivity contribution in [1.82, 2.24) is 0 Å². The SMILES string of the molecule is CC(C)CCC[C@@H](C)[C@H]1CC[C@H]2[C@@H]3CC=C4C[C@@H](O)CC[C@]4(C)[C@H]3CC[C@]12C.CC(C)CCC[C@@H](C)[C@H]1CC[C@H]2[C@@H]3CC[C@H]4C[C@@H](O)CC[C@]4(C)[C@H]3CC[C@]12C.O.O. The Kier molecular flexibility index (Phi) is 16.0. The lowest BCUT2D eigenvalue weighted by Crippen LogP contribution is -2.54. The van der Waals surface area contributed by atoms with Crippen LogP contribution in [0.25, 0.3) is 0 Å². The molecule has 8 aliphatic carbocycles. The summed E-state index contributed by atoms with van der Waals surface area (Å²) >= 11 is 0. The second kappa shape index (κ2) is 19.1. The summed E-state index contributed by atoms with van der Waals surface area (Å²) in [6.45, 7) is 25.2. The van der Waals surface area contributed by atoms with Gasteiger partial charge in [0.2, 0.25) is 0 Å². The third-order valence-corrected chi connectivity index (χ3v) is 21.1. The van der Waals surface area contributed by atoms with Gasteiger partial charge in [0.1, 0.15) is 0 Å². The minimum absolute atomic E-state index is 0. The summed E-state index contributed by atoms with van der Waals surface area (Å²) in [4.78, 5) is 0. The first-order valence-electron chi connectivity index (χ1n) is 25.6. The van der Waals surface area contributed by atoms with Gasteiger partial charge in [-0.05, 0) is 208 Å². The molecular formula is C54H98O4. The highest BCUT2D eigenvalue weighted by Crippen LogP contribution is 2.69. The molecule has 338 valence electrons. The molecule has 8 aliphatic rings. The first-order chi connectivity index (χ1) is 26.5. The monoisotopic (exact) mass is 811 g/mol. The lowest BCUT2D eigenvalue weighted by Gasteiger charge is -2.61. The van der Waals surface area contributed by atoms with Crippen LogP contribution < -0.4 is 0 Å². The lowest BCUT2D eigenvalue weighted by molar-refractivity contribution is -0.129. The second-order valence-electron chi connectivity index (χ2n) is 24.8. The van der Waals surface area contributed by atoms with Crippen LogP contribution in [0.3, 0.4) is 0 Å². The van der Waals surface area contributed by atoms with E-state index in [4.69, 9.17) is 0 Å². The molecular weight excluding hydrogens is 713 g/mol. The number of allylic oxidation sites excluding steroid dienone is 1. The minimum Gasteiger partial charge on any atom is -0.412 e. The summed E-state index contributed by atoms with van der Waals surface area (Å²) in [5, 5.41) is 20.5. The van der Waals surface area contributed by atoms with Crippen LogP contribution in [0.1, 0.15) is 217 Å². The van der Waals surface area contributed by atoms with E-state index in [1.54, 1.807) is 5.57 Å². The molecule has 0 amide bonds.